The number of aromatic nitrogens is 1. The maximum Gasteiger partial charge on any atom is 0.273 e. The van der Waals surface area contributed by atoms with Crippen LogP contribution in [0.15, 0.2) is 41.2 Å². The number of carbonyl (C=O) groups excluding carboxylic acids is 1. The van der Waals surface area contributed by atoms with Gasteiger partial charge in [-0.05, 0) is 37.8 Å². The lowest BCUT2D eigenvalue weighted by molar-refractivity contribution is 0.0289. The van der Waals surface area contributed by atoms with Crippen LogP contribution in [-0.4, -0.2) is 45.9 Å². The van der Waals surface area contributed by atoms with E-state index in [-0.39, 0.29) is 11.4 Å². The molecule has 3 heterocycles. The van der Waals surface area contributed by atoms with Gasteiger partial charge in [0, 0.05) is 25.0 Å². The van der Waals surface area contributed by atoms with Crippen molar-refractivity contribution in [1.29, 1.82) is 0 Å². The van der Waals surface area contributed by atoms with E-state index in [9.17, 15) is 4.79 Å². The molecule has 0 saturated carbocycles. The lowest BCUT2D eigenvalue weighted by Crippen LogP contribution is -2.57. The monoisotopic (exact) mass is 341 g/mol. The number of benzene rings is 1. The Morgan fingerprint density at radius 2 is 1.96 bits per heavy atom. The Morgan fingerprint density at radius 3 is 2.71 bits per heavy atom. The molecule has 4 nitrogen and oxygen atoms in total. The highest BCUT2D eigenvalue weighted by atomic mass is 32.1. The summed E-state index contributed by atoms with van der Waals surface area (Å²) >= 11 is 1.50. The van der Waals surface area contributed by atoms with Crippen molar-refractivity contribution in [2.24, 2.45) is 0 Å². The summed E-state index contributed by atoms with van der Waals surface area (Å²) in [6.07, 6.45) is 4.51. The van der Waals surface area contributed by atoms with Crippen LogP contribution in [0.4, 0.5) is 0 Å². The van der Waals surface area contributed by atoms with E-state index in [2.05, 4.69) is 45.1 Å². The van der Waals surface area contributed by atoms with Crippen molar-refractivity contribution in [2.75, 3.05) is 19.6 Å². The van der Waals surface area contributed by atoms with Crippen molar-refractivity contribution in [3.8, 4) is 0 Å². The number of rotatable bonds is 3. The van der Waals surface area contributed by atoms with E-state index in [0.29, 0.717) is 5.69 Å². The van der Waals surface area contributed by atoms with Crippen LogP contribution in [0.1, 0.15) is 41.7 Å². The van der Waals surface area contributed by atoms with E-state index in [1.54, 1.807) is 5.51 Å². The molecule has 0 radical (unpaired) electrons. The van der Waals surface area contributed by atoms with Gasteiger partial charge in [0.15, 0.2) is 0 Å². The van der Waals surface area contributed by atoms with Crippen molar-refractivity contribution in [3.05, 3.63) is 52.5 Å². The quantitative estimate of drug-likeness (QED) is 0.858. The molecule has 0 bridgehead atoms. The van der Waals surface area contributed by atoms with Gasteiger partial charge in [0.1, 0.15) is 5.69 Å². The van der Waals surface area contributed by atoms with Crippen molar-refractivity contribution in [1.82, 2.24) is 14.8 Å². The molecule has 1 spiro atoms. The minimum Gasteiger partial charge on any atom is -0.330 e. The second-order valence-corrected chi connectivity index (χ2v) is 7.68. The fourth-order valence-corrected chi connectivity index (χ4v) is 4.84. The third-order valence-corrected chi connectivity index (χ3v) is 5.96. The maximum absolute atomic E-state index is 12.9. The summed E-state index contributed by atoms with van der Waals surface area (Å²) < 4.78 is 0. The molecular weight excluding hydrogens is 318 g/mol. The Hall–Kier alpha value is -1.72. The normalized spacial score (nSPS) is 24.6. The summed E-state index contributed by atoms with van der Waals surface area (Å²) in [5, 5.41) is 1.87. The Kier molecular flexibility index (Phi) is 4.37. The third kappa shape index (κ3) is 2.98. The topological polar surface area (TPSA) is 36.4 Å². The molecular formula is C19H23N3OS. The van der Waals surface area contributed by atoms with Gasteiger partial charge in [0.25, 0.3) is 5.91 Å². The summed E-state index contributed by atoms with van der Waals surface area (Å²) in [6, 6.07) is 10.6. The first-order valence-electron chi connectivity index (χ1n) is 8.73. The molecule has 2 aliphatic heterocycles. The average molecular weight is 341 g/mol. The predicted octanol–water partition coefficient (Wildman–Crippen LogP) is 3.41. The van der Waals surface area contributed by atoms with Crippen LogP contribution in [0.2, 0.25) is 0 Å². The van der Waals surface area contributed by atoms with Gasteiger partial charge in [0.2, 0.25) is 0 Å². The maximum atomic E-state index is 12.9. The van der Waals surface area contributed by atoms with Crippen molar-refractivity contribution in [2.45, 2.75) is 37.8 Å². The first-order valence-corrected chi connectivity index (χ1v) is 9.68. The molecule has 1 amide bonds. The molecule has 0 N–H and O–H groups in total. The van der Waals surface area contributed by atoms with Gasteiger partial charge in [-0.2, -0.15) is 0 Å². The van der Waals surface area contributed by atoms with E-state index in [0.717, 1.165) is 51.9 Å². The van der Waals surface area contributed by atoms with Gasteiger partial charge in [-0.15, -0.1) is 11.3 Å². The first-order chi connectivity index (χ1) is 11.8. The molecule has 5 heteroatoms. The molecule has 2 aliphatic rings. The molecule has 2 aromatic rings. The number of piperidine rings is 1. The molecule has 126 valence electrons. The highest BCUT2D eigenvalue weighted by Gasteiger charge is 2.46. The number of hydrogen-bond donors (Lipinski definition) is 0. The highest BCUT2D eigenvalue weighted by Crippen LogP contribution is 2.38. The molecule has 1 aromatic heterocycles. The van der Waals surface area contributed by atoms with Gasteiger partial charge < -0.3 is 4.90 Å². The van der Waals surface area contributed by atoms with Crippen LogP contribution in [0, 0.1) is 0 Å². The minimum absolute atomic E-state index is 0.00767. The summed E-state index contributed by atoms with van der Waals surface area (Å²) in [5.41, 5.74) is 3.72. The van der Waals surface area contributed by atoms with E-state index in [1.807, 2.05) is 5.38 Å². The van der Waals surface area contributed by atoms with Crippen LogP contribution in [0.3, 0.4) is 0 Å². The van der Waals surface area contributed by atoms with Crippen LogP contribution >= 0.6 is 11.3 Å². The Labute approximate surface area is 147 Å². The summed E-state index contributed by atoms with van der Waals surface area (Å²) in [4.78, 5) is 21.8. The number of amides is 1. The van der Waals surface area contributed by atoms with Crippen LogP contribution in [0.25, 0.3) is 0 Å². The smallest absolute Gasteiger partial charge is 0.273 e. The van der Waals surface area contributed by atoms with Crippen molar-refractivity contribution >= 4 is 17.2 Å². The summed E-state index contributed by atoms with van der Waals surface area (Å²) in [5.74, 6) is 0.121. The molecule has 0 aliphatic carbocycles. The number of likely N-dealkylation sites (tertiary alicyclic amines) is 2. The van der Waals surface area contributed by atoms with E-state index in [4.69, 9.17) is 0 Å². The fourth-order valence-electron chi connectivity index (χ4n) is 4.32. The Morgan fingerprint density at radius 1 is 1.17 bits per heavy atom. The minimum atomic E-state index is 0.00767. The first kappa shape index (κ1) is 15.8. The summed E-state index contributed by atoms with van der Waals surface area (Å²) in [7, 11) is 0. The standard InChI is InChI=1S/C19H23N3OS/c23-18(17-13-24-15-20-17)22-11-5-9-19(22)8-4-10-21(14-19)12-16-6-2-1-3-7-16/h1-3,6-7,13,15H,4-5,8-12,14H2. The zero-order chi connectivity index (χ0) is 16.4. The molecule has 2 fully saturated rings. The lowest BCUT2D eigenvalue weighted by Gasteiger charge is -2.46. The third-order valence-electron chi connectivity index (χ3n) is 5.38. The second-order valence-electron chi connectivity index (χ2n) is 6.96. The zero-order valence-corrected chi connectivity index (χ0v) is 14.7. The average Bonchev–Trinajstić information content (AvgIpc) is 3.26. The second kappa shape index (κ2) is 6.65. The number of nitrogens with zero attached hydrogens (tertiary/aromatic N) is 3. The highest BCUT2D eigenvalue weighted by molar-refractivity contribution is 7.07. The van der Waals surface area contributed by atoms with Gasteiger partial charge in [-0.25, -0.2) is 4.98 Å². The zero-order valence-electron chi connectivity index (χ0n) is 13.9. The van der Waals surface area contributed by atoms with Crippen molar-refractivity contribution < 1.29 is 4.79 Å². The largest absolute Gasteiger partial charge is 0.330 e. The number of carbonyl (C=O) groups is 1. The molecule has 24 heavy (non-hydrogen) atoms. The van der Waals surface area contributed by atoms with E-state index < -0.39 is 0 Å². The van der Waals surface area contributed by atoms with Crippen molar-refractivity contribution in [3.63, 3.8) is 0 Å². The number of thiazole rings is 1. The van der Waals surface area contributed by atoms with E-state index >= 15 is 0 Å². The fraction of sp³-hybridized carbons (Fsp3) is 0.474. The van der Waals surface area contributed by atoms with Gasteiger partial charge in [-0.3, -0.25) is 9.69 Å². The van der Waals surface area contributed by atoms with Gasteiger partial charge >= 0.3 is 0 Å². The van der Waals surface area contributed by atoms with Crippen LogP contribution < -0.4 is 0 Å². The Bertz CT molecular complexity index is 688. The molecule has 1 unspecified atom stereocenters. The number of hydrogen-bond acceptors (Lipinski definition) is 4. The predicted molar refractivity (Wildman–Crippen MR) is 96.1 cm³/mol. The van der Waals surface area contributed by atoms with E-state index in [1.165, 1.54) is 16.9 Å². The van der Waals surface area contributed by atoms with Crippen LogP contribution in [-0.2, 0) is 6.54 Å². The molecule has 1 aromatic carbocycles. The SMILES string of the molecule is O=C(c1cscn1)N1CCCC12CCCN(Cc1ccccc1)C2. The molecule has 4 rings (SSSR count). The molecule has 1 atom stereocenters. The Balaban J connectivity index is 1.51. The summed E-state index contributed by atoms with van der Waals surface area (Å²) in [6.45, 7) is 3.95. The lowest BCUT2D eigenvalue weighted by atomic mass is 9.86. The van der Waals surface area contributed by atoms with Gasteiger partial charge in [-0.1, -0.05) is 30.3 Å². The van der Waals surface area contributed by atoms with Crippen LogP contribution in [0.5, 0.6) is 0 Å². The van der Waals surface area contributed by atoms with Gasteiger partial charge in [0.05, 0.1) is 11.0 Å². The molecule has 2 saturated heterocycles.